The first kappa shape index (κ1) is 19.7. The fourth-order valence-corrected chi connectivity index (χ4v) is 4.20. The number of hydrogen-bond acceptors (Lipinski definition) is 4. The maximum absolute atomic E-state index is 11.8. The number of carbonyl (C=O) groups excluding carboxylic acids is 1. The molecular formula is C25H29NO3. The Morgan fingerprint density at radius 1 is 1.03 bits per heavy atom. The van der Waals surface area contributed by atoms with Gasteiger partial charge in [-0.1, -0.05) is 55.0 Å². The van der Waals surface area contributed by atoms with Crippen molar-refractivity contribution in [3.63, 3.8) is 0 Å². The molecule has 0 amide bonds. The second-order valence-electron chi connectivity index (χ2n) is 7.73. The summed E-state index contributed by atoms with van der Waals surface area (Å²) in [6.07, 6.45) is 3.38. The molecule has 2 aliphatic rings. The topological polar surface area (TPSA) is 38.8 Å². The van der Waals surface area contributed by atoms with E-state index in [2.05, 4.69) is 47.4 Å². The zero-order valence-electron chi connectivity index (χ0n) is 17.2. The van der Waals surface area contributed by atoms with Crippen molar-refractivity contribution >= 4 is 11.5 Å². The number of esters is 1. The molecule has 1 fully saturated rings. The van der Waals surface area contributed by atoms with E-state index < -0.39 is 0 Å². The van der Waals surface area contributed by atoms with Crippen LogP contribution in [0, 0.1) is 0 Å². The van der Waals surface area contributed by atoms with Gasteiger partial charge < -0.3 is 14.4 Å². The molecule has 2 aromatic rings. The predicted octanol–water partition coefficient (Wildman–Crippen LogP) is 4.82. The van der Waals surface area contributed by atoms with E-state index in [1.165, 1.54) is 27.8 Å². The Kier molecular flexibility index (Phi) is 6.30. The van der Waals surface area contributed by atoms with E-state index in [1.54, 1.807) is 0 Å². The van der Waals surface area contributed by atoms with Gasteiger partial charge in [0.1, 0.15) is 12.4 Å². The number of nitrogens with zero attached hydrogens (tertiary/aromatic N) is 1. The number of benzene rings is 2. The first-order chi connectivity index (χ1) is 14.3. The van der Waals surface area contributed by atoms with E-state index >= 15 is 0 Å². The van der Waals surface area contributed by atoms with Gasteiger partial charge in [0.2, 0.25) is 0 Å². The van der Waals surface area contributed by atoms with Crippen LogP contribution in [0.25, 0.3) is 5.57 Å². The first-order valence-corrected chi connectivity index (χ1v) is 10.7. The van der Waals surface area contributed by atoms with Crippen LogP contribution < -0.4 is 4.74 Å². The average molecular weight is 392 g/mol. The molecule has 0 radical (unpaired) electrons. The number of fused-ring (bicyclic) bond motifs is 2. The number of piperidine rings is 1. The lowest BCUT2D eigenvalue weighted by Crippen LogP contribution is -2.33. The van der Waals surface area contributed by atoms with Crippen molar-refractivity contribution in [2.45, 2.75) is 39.2 Å². The number of hydrogen-bond donors (Lipinski definition) is 0. The third kappa shape index (κ3) is 4.54. The van der Waals surface area contributed by atoms with Crippen LogP contribution in [0.15, 0.2) is 54.1 Å². The fourth-order valence-electron chi connectivity index (χ4n) is 4.20. The molecule has 0 aromatic heterocycles. The maximum atomic E-state index is 11.8. The quantitative estimate of drug-likeness (QED) is 0.685. The number of ether oxygens (including phenoxy) is 2. The smallest absolute Gasteiger partial charge is 0.307 e. The molecule has 0 atom stereocenters. The highest BCUT2D eigenvalue weighted by Crippen LogP contribution is 2.40. The molecule has 0 aliphatic carbocycles. The highest BCUT2D eigenvalue weighted by molar-refractivity contribution is 5.87. The van der Waals surface area contributed by atoms with Gasteiger partial charge in [-0.15, -0.1) is 0 Å². The van der Waals surface area contributed by atoms with Gasteiger partial charge in [0, 0.05) is 25.2 Å². The van der Waals surface area contributed by atoms with Crippen molar-refractivity contribution in [1.29, 1.82) is 0 Å². The summed E-state index contributed by atoms with van der Waals surface area (Å²) in [6.45, 7) is 5.88. The van der Waals surface area contributed by atoms with Crippen LogP contribution in [0.1, 0.15) is 49.3 Å². The molecule has 2 heterocycles. The molecule has 152 valence electrons. The van der Waals surface area contributed by atoms with E-state index in [-0.39, 0.29) is 5.97 Å². The minimum Gasteiger partial charge on any atom is -0.488 e. The number of para-hydroxylation sites is 1. The molecular weight excluding hydrogens is 362 g/mol. The van der Waals surface area contributed by atoms with E-state index in [1.807, 2.05) is 13.0 Å². The molecule has 2 aromatic carbocycles. The molecule has 2 aliphatic heterocycles. The van der Waals surface area contributed by atoms with Crippen LogP contribution in [-0.4, -0.2) is 37.1 Å². The average Bonchev–Trinajstić information content (AvgIpc) is 2.93. The summed E-state index contributed by atoms with van der Waals surface area (Å²) in [7, 11) is 0. The predicted molar refractivity (Wildman–Crippen MR) is 115 cm³/mol. The highest BCUT2D eigenvalue weighted by Gasteiger charge is 2.24. The second kappa shape index (κ2) is 9.27. The lowest BCUT2D eigenvalue weighted by atomic mass is 9.86. The SMILES string of the molecule is CCCOC(=O)CCN1CCC(=C2c3ccccc3COc3ccccc32)CC1. The Morgan fingerprint density at radius 2 is 1.76 bits per heavy atom. The minimum absolute atomic E-state index is 0.0835. The fraction of sp³-hybridized carbons (Fsp3) is 0.400. The van der Waals surface area contributed by atoms with Crippen molar-refractivity contribution in [3.05, 3.63) is 70.8 Å². The zero-order chi connectivity index (χ0) is 20.1. The van der Waals surface area contributed by atoms with Crippen molar-refractivity contribution in [3.8, 4) is 5.75 Å². The van der Waals surface area contributed by atoms with Crippen molar-refractivity contribution in [2.24, 2.45) is 0 Å². The van der Waals surface area contributed by atoms with Gasteiger partial charge in [-0.2, -0.15) is 0 Å². The van der Waals surface area contributed by atoms with Crippen LogP contribution in [0.4, 0.5) is 0 Å². The van der Waals surface area contributed by atoms with Crippen LogP contribution in [0.5, 0.6) is 5.75 Å². The summed E-state index contributed by atoms with van der Waals surface area (Å²) in [5.74, 6) is 0.882. The minimum atomic E-state index is -0.0835. The molecule has 0 spiro atoms. The Labute approximate surface area is 173 Å². The second-order valence-corrected chi connectivity index (χ2v) is 7.73. The van der Waals surface area contributed by atoms with E-state index in [9.17, 15) is 4.79 Å². The summed E-state index contributed by atoms with van der Waals surface area (Å²) in [4.78, 5) is 14.2. The lowest BCUT2D eigenvalue weighted by molar-refractivity contribution is -0.144. The number of carbonyl (C=O) groups is 1. The van der Waals surface area contributed by atoms with Gasteiger partial charge in [0.15, 0.2) is 0 Å². The van der Waals surface area contributed by atoms with Crippen LogP contribution in [-0.2, 0) is 16.1 Å². The molecule has 4 rings (SSSR count). The van der Waals surface area contributed by atoms with Gasteiger partial charge in [-0.05, 0) is 42.0 Å². The molecule has 29 heavy (non-hydrogen) atoms. The van der Waals surface area contributed by atoms with Gasteiger partial charge in [-0.25, -0.2) is 0 Å². The Balaban J connectivity index is 1.53. The Bertz CT molecular complexity index is 843. The third-order valence-corrected chi connectivity index (χ3v) is 5.74. The summed E-state index contributed by atoms with van der Waals surface area (Å²) in [5, 5.41) is 0. The maximum Gasteiger partial charge on any atom is 0.307 e. The van der Waals surface area contributed by atoms with Crippen molar-refractivity contribution in [2.75, 3.05) is 26.2 Å². The number of likely N-dealkylation sites (tertiary alicyclic amines) is 1. The van der Waals surface area contributed by atoms with Gasteiger partial charge in [0.25, 0.3) is 0 Å². The molecule has 0 unspecified atom stereocenters. The molecule has 1 saturated heterocycles. The lowest BCUT2D eigenvalue weighted by Gasteiger charge is -2.30. The molecule has 0 bridgehead atoms. The van der Waals surface area contributed by atoms with E-state index in [0.29, 0.717) is 19.6 Å². The highest BCUT2D eigenvalue weighted by atomic mass is 16.5. The Hall–Kier alpha value is -2.59. The van der Waals surface area contributed by atoms with Gasteiger partial charge in [-0.3, -0.25) is 4.79 Å². The monoisotopic (exact) mass is 391 g/mol. The van der Waals surface area contributed by atoms with E-state index in [0.717, 1.165) is 44.6 Å². The molecule has 4 heteroatoms. The van der Waals surface area contributed by atoms with Gasteiger partial charge >= 0.3 is 5.97 Å². The molecule has 0 N–H and O–H groups in total. The normalized spacial score (nSPS) is 16.4. The van der Waals surface area contributed by atoms with Crippen LogP contribution in [0.3, 0.4) is 0 Å². The van der Waals surface area contributed by atoms with Crippen LogP contribution in [0.2, 0.25) is 0 Å². The van der Waals surface area contributed by atoms with Crippen molar-refractivity contribution in [1.82, 2.24) is 4.90 Å². The summed E-state index contributed by atoms with van der Waals surface area (Å²) in [6, 6.07) is 17.0. The summed E-state index contributed by atoms with van der Waals surface area (Å²) >= 11 is 0. The van der Waals surface area contributed by atoms with Crippen LogP contribution >= 0.6 is 0 Å². The number of rotatable bonds is 5. The standard InChI is InChI=1S/C25H29NO3/c1-2-17-28-24(27)13-16-26-14-11-19(12-15-26)25-21-8-4-3-7-20(21)18-29-23-10-6-5-9-22(23)25/h3-10H,2,11-18H2,1H3. The summed E-state index contributed by atoms with van der Waals surface area (Å²) in [5.41, 5.74) is 6.57. The van der Waals surface area contributed by atoms with E-state index in [4.69, 9.17) is 9.47 Å². The third-order valence-electron chi connectivity index (χ3n) is 5.74. The largest absolute Gasteiger partial charge is 0.488 e. The molecule has 0 saturated carbocycles. The zero-order valence-corrected chi connectivity index (χ0v) is 17.2. The Morgan fingerprint density at radius 3 is 2.55 bits per heavy atom. The van der Waals surface area contributed by atoms with Crippen molar-refractivity contribution < 1.29 is 14.3 Å². The summed E-state index contributed by atoms with van der Waals surface area (Å²) < 4.78 is 11.3. The van der Waals surface area contributed by atoms with Gasteiger partial charge in [0.05, 0.1) is 13.0 Å². The first-order valence-electron chi connectivity index (χ1n) is 10.7. The molecule has 4 nitrogen and oxygen atoms in total.